The van der Waals surface area contributed by atoms with Gasteiger partial charge in [0.2, 0.25) is 5.91 Å². The van der Waals surface area contributed by atoms with Crippen LogP contribution in [0, 0.1) is 0 Å². The van der Waals surface area contributed by atoms with Crippen molar-refractivity contribution in [3.05, 3.63) is 35.9 Å². The van der Waals surface area contributed by atoms with Crippen LogP contribution in [0.1, 0.15) is 30.6 Å². The smallest absolute Gasteiger partial charge is 0.237 e. The molecule has 1 heterocycles. The van der Waals surface area contributed by atoms with Crippen molar-refractivity contribution < 1.29 is 4.79 Å². The second-order valence-corrected chi connectivity index (χ2v) is 7.03. The van der Waals surface area contributed by atoms with Gasteiger partial charge in [-0.05, 0) is 25.3 Å². The third-order valence-electron chi connectivity index (χ3n) is 4.12. The van der Waals surface area contributed by atoms with E-state index in [0.29, 0.717) is 11.3 Å². The van der Waals surface area contributed by atoms with Gasteiger partial charge in [0.1, 0.15) is 0 Å². The number of rotatable bonds is 4. The Bertz CT molecular complexity index is 461. The molecule has 2 aliphatic rings. The number of benzene rings is 1. The Morgan fingerprint density at radius 1 is 1.35 bits per heavy atom. The van der Waals surface area contributed by atoms with Gasteiger partial charge >= 0.3 is 0 Å². The highest BCUT2D eigenvalue weighted by Crippen LogP contribution is 2.33. The van der Waals surface area contributed by atoms with Crippen LogP contribution >= 0.6 is 11.8 Å². The maximum Gasteiger partial charge on any atom is 0.237 e. The minimum atomic E-state index is -0.0114. The third kappa shape index (κ3) is 3.36. The van der Waals surface area contributed by atoms with Crippen molar-refractivity contribution in [2.75, 3.05) is 18.8 Å². The van der Waals surface area contributed by atoms with Gasteiger partial charge in [0.25, 0.3) is 0 Å². The Hall–Kier alpha value is -1.00. The van der Waals surface area contributed by atoms with E-state index in [4.69, 9.17) is 0 Å². The van der Waals surface area contributed by atoms with Crippen molar-refractivity contribution in [3.8, 4) is 0 Å². The lowest BCUT2D eigenvalue weighted by atomic mass is 10.1. The second kappa shape index (κ2) is 6.19. The predicted octanol–water partition coefficient (Wildman–Crippen LogP) is 2.44. The van der Waals surface area contributed by atoms with Crippen LogP contribution in [-0.2, 0) is 4.79 Å². The zero-order valence-electron chi connectivity index (χ0n) is 11.9. The summed E-state index contributed by atoms with van der Waals surface area (Å²) in [6.07, 6.45) is 2.31. The molecule has 4 heteroatoms. The number of carbonyl (C=O) groups is 1. The first-order valence-electron chi connectivity index (χ1n) is 7.45. The number of carbonyl (C=O) groups excluding carboxylic acids is 1. The molecule has 1 saturated carbocycles. The van der Waals surface area contributed by atoms with Gasteiger partial charge in [-0.1, -0.05) is 30.3 Å². The van der Waals surface area contributed by atoms with Crippen molar-refractivity contribution >= 4 is 17.7 Å². The van der Waals surface area contributed by atoms with Crippen molar-refractivity contribution in [2.45, 2.75) is 37.1 Å². The van der Waals surface area contributed by atoms with Crippen LogP contribution in [0.2, 0.25) is 0 Å². The van der Waals surface area contributed by atoms with Gasteiger partial charge in [-0.25, -0.2) is 0 Å². The first-order valence-corrected chi connectivity index (χ1v) is 8.50. The van der Waals surface area contributed by atoms with Gasteiger partial charge in [0.15, 0.2) is 0 Å². The first-order chi connectivity index (χ1) is 9.74. The summed E-state index contributed by atoms with van der Waals surface area (Å²) in [7, 11) is 0. The van der Waals surface area contributed by atoms with Gasteiger partial charge in [-0.15, -0.1) is 0 Å². The van der Waals surface area contributed by atoms with Crippen LogP contribution in [0.25, 0.3) is 0 Å². The molecule has 0 aromatic heterocycles. The molecule has 0 spiro atoms. The molecule has 1 aromatic rings. The molecule has 1 N–H and O–H groups in total. The molecule has 0 bridgehead atoms. The standard InChI is InChI=1S/C16H22N2OS/c1-12(16(19)17-14-7-8-14)18-9-10-20-15(11-18)13-5-3-2-4-6-13/h2-6,12,14-15H,7-11H2,1H3,(H,17,19)/t12-,15-/m1/s1. The van der Waals surface area contributed by atoms with Crippen molar-refractivity contribution in [3.63, 3.8) is 0 Å². The van der Waals surface area contributed by atoms with Gasteiger partial charge in [-0.3, -0.25) is 9.69 Å². The lowest BCUT2D eigenvalue weighted by molar-refractivity contribution is -0.126. The van der Waals surface area contributed by atoms with Gasteiger partial charge in [0.05, 0.1) is 6.04 Å². The maximum atomic E-state index is 12.2. The molecule has 0 radical (unpaired) electrons. The number of thioether (sulfide) groups is 1. The van der Waals surface area contributed by atoms with E-state index in [9.17, 15) is 4.79 Å². The van der Waals surface area contributed by atoms with E-state index < -0.39 is 0 Å². The summed E-state index contributed by atoms with van der Waals surface area (Å²) in [5, 5.41) is 3.61. The molecule has 2 fully saturated rings. The number of hydrogen-bond acceptors (Lipinski definition) is 3. The van der Waals surface area contributed by atoms with Crippen LogP contribution in [0.3, 0.4) is 0 Å². The number of nitrogens with zero attached hydrogens (tertiary/aromatic N) is 1. The molecule has 108 valence electrons. The Kier molecular flexibility index (Phi) is 4.32. The van der Waals surface area contributed by atoms with Crippen LogP contribution < -0.4 is 5.32 Å². The van der Waals surface area contributed by atoms with Gasteiger partial charge in [-0.2, -0.15) is 11.8 Å². The van der Waals surface area contributed by atoms with Crippen LogP contribution in [0.15, 0.2) is 30.3 Å². The summed E-state index contributed by atoms with van der Waals surface area (Å²) in [5.74, 6) is 1.30. The summed E-state index contributed by atoms with van der Waals surface area (Å²) in [5.41, 5.74) is 1.37. The zero-order valence-corrected chi connectivity index (χ0v) is 12.7. The van der Waals surface area contributed by atoms with Gasteiger partial charge < -0.3 is 5.32 Å². The van der Waals surface area contributed by atoms with Crippen LogP contribution in [0.4, 0.5) is 0 Å². The van der Waals surface area contributed by atoms with E-state index in [1.807, 2.05) is 18.7 Å². The Morgan fingerprint density at radius 2 is 2.10 bits per heavy atom. The molecule has 2 atom stereocenters. The molecule has 1 aliphatic heterocycles. The molecular formula is C16H22N2OS. The third-order valence-corrected chi connectivity index (χ3v) is 5.36. The molecule has 1 aliphatic carbocycles. The minimum absolute atomic E-state index is 0.0114. The lowest BCUT2D eigenvalue weighted by Crippen LogP contribution is -2.49. The fourth-order valence-corrected chi connectivity index (χ4v) is 3.88. The first kappa shape index (κ1) is 14.0. The average Bonchev–Trinajstić information content (AvgIpc) is 3.31. The number of amides is 1. The van der Waals surface area contributed by atoms with Crippen molar-refractivity contribution in [1.29, 1.82) is 0 Å². The molecular weight excluding hydrogens is 268 g/mol. The summed E-state index contributed by atoms with van der Waals surface area (Å²) >= 11 is 2.00. The molecule has 1 aromatic carbocycles. The number of hydrogen-bond donors (Lipinski definition) is 1. The normalized spacial score (nSPS) is 25.1. The number of nitrogens with one attached hydrogen (secondary N) is 1. The minimum Gasteiger partial charge on any atom is -0.352 e. The van der Waals surface area contributed by atoms with Crippen molar-refractivity contribution in [1.82, 2.24) is 10.2 Å². The Labute approximate surface area is 125 Å². The lowest BCUT2D eigenvalue weighted by Gasteiger charge is -2.36. The largest absolute Gasteiger partial charge is 0.352 e. The Balaban J connectivity index is 1.60. The highest BCUT2D eigenvalue weighted by atomic mass is 32.2. The summed E-state index contributed by atoms with van der Waals surface area (Å²) in [6, 6.07) is 11.1. The topological polar surface area (TPSA) is 32.3 Å². The van der Waals surface area contributed by atoms with Gasteiger partial charge in [0, 0.05) is 30.1 Å². The van der Waals surface area contributed by atoms with E-state index in [1.165, 1.54) is 5.56 Å². The highest BCUT2D eigenvalue weighted by Gasteiger charge is 2.31. The second-order valence-electron chi connectivity index (χ2n) is 5.72. The van der Waals surface area contributed by atoms with E-state index in [-0.39, 0.29) is 11.9 Å². The molecule has 3 rings (SSSR count). The molecule has 0 unspecified atom stereocenters. The molecule has 1 saturated heterocycles. The summed E-state index contributed by atoms with van der Waals surface area (Å²) < 4.78 is 0. The molecule has 20 heavy (non-hydrogen) atoms. The van der Waals surface area contributed by atoms with Crippen molar-refractivity contribution in [2.24, 2.45) is 0 Å². The zero-order chi connectivity index (χ0) is 13.9. The molecule has 1 amide bonds. The van der Waals surface area contributed by atoms with E-state index >= 15 is 0 Å². The maximum absolute atomic E-state index is 12.2. The van der Waals surface area contributed by atoms with E-state index in [1.54, 1.807) is 0 Å². The fraction of sp³-hybridized carbons (Fsp3) is 0.562. The van der Waals surface area contributed by atoms with E-state index in [2.05, 4.69) is 40.5 Å². The van der Waals surface area contributed by atoms with Crippen LogP contribution in [0.5, 0.6) is 0 Å². The van der Waals surface area contributed by atoms with E-state index in [0.717, 1.165) is 31.7 Å². The predicted molar refractivity (Wildman–Crippen MR) is 83.8 cm³/mol. The fourth-order valence-electron chi connectivity index (χ4n) is 2.61. The summed E-state index contributed by atoms with van der Waals surface area (Å²) in [6.45, 7) is 4.01. The quantitative estimate of drug-likeness (QED) is 0.924. The average molecular weight is 290 g/mol. The Morgan fingerprint density at radius 3 is 2.80 bits per heavy atom. The SMILES string of the molecule is C[C@H](C(=O)NC1CC1)N1CCS[C@@H](c2ccccc2)C1. The van der Waals surface area contributed by atoms with Crippen LogP contribution in [-0.4, -0.2) is 41.7 Å². The molecule has 3 nitrogen and oxygen atoms in total. The summed E-state index contributed by atoms with van der Waals surface area (Å²) in [4.78, 5) is 14.5. The monoisotopic (exact) mass is 290 g/mol. The highest BCUT2D eigenvalue weighted by molar-refractivity contribution is 7.99.